The summed E-state index contributed by atoms with van der Waals surface area (Å²) < 4.78 is 45.3. The summed E-state index contributed by atoms with van der Waals surface area (Å²) in [5, 5.41) is 8.17. The van der Waals surface area contributed by atoms with Gasteiger partial charge in [0.05, 0.1) is 24.1 Å². The molecule has 0 aliphatic carbocycles. The van der Waals surface area contributed by atoms with Gasteiger partial charge in [-0.1, -0.05) is 24.3 Å². The molecule has 2 aromatic rings. The van der Waals surface area contributed by atoms with Crippen LogP contribution in [0.25, 0.3) is 6.08 Å². The van der Waals surface area contributed by atoms with Crippen LogP contribution < -0.4 is 14.2 Å². The molecule has 1 N–H and O–H groups in total. The molecule has 4 rings (SSSR count). The minimum Gasteiger partial charge on any atom is -0.490 e. The highest BCUT2D eigenvalue weighted by Gasteiger charge is 2.41. The lowest BCUT2D eigenvalue weighted by molar-refractivity contribution is -0.114. The van der Waals surface area contributed by atoms with Crippen LogP contribution in [0.1, 0.15) is 18.1 Å². The van der Waals surface area contributed by atoms with E-state index in [-0.39, 0.29) is 28.4 Å². The fourth-order valence-corrected chi connectivity index (χ4v) is 5.27. The van der Waals surface area contributed by atoms with Crippen molar-refractivity contribution in [2.45, 2.75) is 13.8 Å². The maximum atomic E-state index is 12.6. The second-order valence-corrected chi connectivity index (χ2v) is 10.4. The van der Waals surface area contributed by atoms with Gasteiger partial charge in [0.1, 0.15) is 24.8 Å². The summed E-state index contributed by atoms with van der Waals surface area (Å²) in [6.07, 6.45) is 2.45. The molecule has 2 aliphatic rings. The van der Waals surface area contributed by atoms with Gasteiger partial charge < -0.3 is 14.2 Å². The van der Waals surface area contributed by atoms with Gasteiger partial charge in [-0.3, -0.25) is 10.2 Å². The van der Waals surface area contributed by atoms with Crippen LogP contribution in [0.3, 0.4) is 0 Å². The predicted octanol–water partition coefficient (Wildman–Crippen LogP) is 3.47. The van der Waals surface area contributed by atoms with E-state index < -0.39 is 15.7 Å². The maximum Gasteiger partial charge on any atom is 0.283 e. The number of ether oxygens (including phenoxy) is 3. The van der Waals surface area contributed by atoms with E-state index in [1.54, 1.807) is 18.2 Å². The molecule has 2 aromatic carbocycles. The largest absolute Gasteiger partial charge is 0.490 e. The lowest BCUT2D eigenvalue weighted by Crippen LogP contribution is -2.45. The van der Waals surface area contributed by atoms with E-state index in [0.717, 1.165) is 34.4 Å². The van der Waals surface area contributed by atoms with Crippen LogP contribution in [0.15, 0.2) is 57.4 Å². The summed E-state index contributed by atoms with van der Waals surface area (Å²) >= 11 is 0.746. The van der Waals surface area contributed by atoms with E-state index in [0.29, 0.717) is 30.3 Å². The van der Waals surface area contributed by atoms with Crippen molar-refractivity contribution < 1.29 is 27.4 Å². The Balaban J connectivity index is 1.51. The molecular weight excluding hydrogens is 504 g/mol. The third kappa shape index (κ3) is 5.44. The molecule has 0 unspecified atom stereocenters. The van der Waals surface area contributed by atoms with Gasteiger partial charge in [-0.25, -0.2) is 13.3 Å². The lowest BCUT2D eigenvalue weighted by atomic mass is 10.1. The first-order valence-electron chi connectivity index (χ1n) is 11.0. The van der Waals surface area contributed by atoms with Crippen molar-refractivity contribution in [3.8, 4) is 17.2 Å². The average molecular weight is 529 g/mol. The Morgan fingerprint density at radius 3 is 2.47 bits per heavy atom. The Labute approximate surface area is 213 Å². The number of aryl methyl sites for hydroxylation is 1. The number of benzene rings is 2. The molecular formula is C24H24N4O6S2. The van der Waals surface area contributed by atoms with Crippen molar-refractivity contribution >= 4 is 49.9 Å². The number of nitrogens with one attached hydrogen (secondary N) is 1. The fraction of sp³-hybridized carbons (Fsp3) is 0.250. The average Bonchev–Trinajstić information content (AvgIpc) is 3.26. The number of hydrogen-bond donors (Lipinski definition) is 1. The number of amides is 1. The molecule has 0 saturated heterocycles. The van der Waals surface area contributed by atoms with Crippen LogP contribution >= 0.6 is 11.9 Å². The Morgan fingerprint density at radius 2 is 1.78 bits per heavy atom. The Morgan fingerprint density at radius 1 is 1.06 bits per heavy atom. The number of nitrogens with zero attached hydrogens (tertiary/aromatic N) is 3. The molecule has 2 aliphatic heterocycles. The SMILES string of the molecule is CCOc1cc(/C=C2/C(=N)N3C(=NC2=O)SN=C3S(C)(=O)=O)ccc1OCCOc1ccccc1C. The smallest absolute Gasteiger partial charge is 0.283 e. The maximum absolute atomic E-state index is 12.6. The first kappa shape index (κ1) is 25.5. The van der Waals surface area contributed by atoms with E-state index in [4.69, 9.17) is 19.6 Å². The van der Waals surface area contributed by atoms with Crippen LogP contribution in [0, 0.1) is 12.3 Å². The topological polar surface area (TPSA) is 131 Å². The van der Waals surface area contributed by atoms with E-state index >= 15 is 0 Å². The number of fused-ring (bicyclic) bond motifs is 1. The summed E-state index contributed by atoms with van der Waals surface area (Å²) in [7, 11) is -3.72. The molecule has 0 spiro atoms. The number of para-hydroxylation sites is 1. The second-order valence-electron chi connectivity index (χ2n) is 7.78. The van der Waals surface area contributed by atoms with Gasteiger partial charge in [0, 0.05) is 6.26 Å². The minimum atomic E-state index is -3.72. The normalized spacial score (nSPS) is 16.5. The highest BCUT2D eigenvalue weighted by molar-refractivity contribution is 8.16. The molecule has 36 heavy (non-hydrogen) atoms. The van der Waals surface area contributed by atoms with Crippen molar-refractivity contribution in [2.24, 2.45) is 9.39 Å². The molecule has 10 nitrogen and oxygen atoms in total. The monoisotopic (exact) mass is 528 g/mol. The van der Waals surface area contributed by atoms with Crippen LogP contribution in [0.2, 0.25) is 0 Å². The molecule has 0 aromatic heterocycles. The number of aliphatic imine (C=N–C) groups is 1. The number of amidine groups is 3. The number of carbonyl (C=O) groups is 1. The van der Waals surface area contributed by atoms with E-state index in [1.165, 1.54) is 6.08 Å². The quantitative estimate of drug-likeness (QED) is 0.313. The molecule has 188 valence electrons. The van der Waals surface area contributed by atoms with Crippen molar-refractivity contribution in [1.29, 1.82) is 5.41 Å². The van der Waals surface area contributed by atoms with Gasteiger partial charge in [0.2, 0.25) is 20.2 Å². The van der Waals surface area contributed by atoms with Gasteiger partial charge in [-0.15, -0.1) is 0 Å². The zero-order valence-electron chi connectivity index (χ0n) is 19.8. The van der Waals surface area contributed by atoms with Gasteiger partial charge in [-0.05, 0) is 49.2 Å². The minimum absolute atomic E-state index is 0.0363. The molecule has 1 amide bonds. The Bertz CT molecular complexity index is 1420. The second kappa shape index (κ2) is 10.5. The fourth-order valence-electron chi connectivity index (χ4n) is 3.43. The molecule has 0 saturated carbocycles. The van der Waals surface area contributed by atoms with Crippen molar-refractivity contribution in [1.82, 2.24) is 4.90 Å². The van der Waals surface area contributed by atoms with Gasteiger partial charge >= 0.3 is 0 Å². The van der Waals surface area contributed by atoms with Crippen molar-refractivity contribution in [2.75, 3.05) is 26.1 Å². The van der Waals surface area contributed by atoms with Gasteiger partial charge in [0.25, 0.3) is 5.91 Å². The summed E-state index contributed by atoms with van der Waals surface area (Å²) in [6.45, 7) is 4.82. The number of carbonyl (C=O) groups excluding carboxylic acids is 1. The highest BCUT2D eigenvalue weighted by Crippen LogP contribution is 2.32. The summed E-state index contributed by atoms with van der Waals surface area (Å²) in [4.78, 5) is 17.6. The number of rotatable bonds is 8. The van der Waals surface area contributed by atoms with Crippen molar-refractivity contribution in [3.63, 3.8) is 0 Å². The number of sulfone groups is 1. The van der Waals surface area contributed by atoms with Crippen molar-refractivity contribution in [3.05, 3.63) is 59.2 Å². The molecule has 0 fully saturated rings. The third-order valence-electron chi connectivity index (χ3n) is 5.10. The van der Waals surface area contributed by atoms with Gasteiger partial charge in [-0.2, -0.15) is 9.39 Å². The Kier molecular flexibility index (Phi) is 7.45. The molecule has 12 heteroatoms. The van der Waals surface area contributed by atoms with E-state index in [9.17, 15) is 13.2 Å². The third-order valence-corrected chi connectivity index (χ3v) is 6.85. The molecule has 2 heterocycles. The predicted molar refractivity (Wildman–Crippen MR) is 140 cm³/mol. The van der Waals surface area contributed by atoms with Crippen LogP contribution in [-0.4, -0.2) is 61.5 Å². The van der Waals surface area contributed by atoms with Gasteiger partial charge in [0.15, 0.2) is 11.5 Å². The summed E-state index contributed by atoms with van der Waals surface area (Å²) in [5.41, 5.74) is 1.52. The molecule has 0 bridgehead atoms. The Hall–Kier alpha value is -3.64. The zero-order chi connectivity index (χ0) is 25.9. The van der Waals surface area contributed by atoms with Crippen LogP contribution in [0.4, 0.5) is 0 Å². The molecule has 0 radical (unpaired) electrons. The van der Waals surface area contributed by atoms with E-state index in [2.05, 4.69) is 9.39 Å². The summed E-state index contributed by atoms with van der Waals surface area (Å²) in [6, 6.07) is 12.8. The van der Waals surface area contributed by atoms with E-state index in [1.807, 2.05) is 38.1 Å². The summed E-state index contributed by atoms with van der Waals surface area (Å²) in [5.74, 6) is 0.775. The first-order valence-corrected chi connectivity index (χ1v) is 13.6. The highest BCUT2D eigenvalue weighted by atomic mass is 32.2. The first-order chi connectivity index (χ1) is 17.2. The zero-order valence-corrected chi connectivity index (χ0v) is 21.5. The standard InChI is InChI=1S/C24H24N4O6S2/c1-4-32-20-14-16(9-10-19(20)34-12-11-33-18-8-6-5-7-15(18)2)13-17-21(25)28-23(26-22(17)29)35-27-24(28)36(3,30)31/h5-10,13-14,25H,4,11-12H2,1-3H3/b17-13-,25-21?. The lowest BCUT2D eigenvalue weighted by Gasteiger charge is -2.23. The van der Waals surface area contributed by atoms with Crippen LogP contribution in [-0.2, 0) is 14.6 Å². The molecule has 0 atom stereocenters. The van der Waals surface area contributed by atoms with Crippen LogP contribution in [0.5, 0.6) is 17.2 Å². The number of hydrogen-bond acceptors (Lipinski definition) is 9.